The second-order valence-corrected chi connectivity index (χ2v) is 9.46. The first-order valence-electron chi connectivity index (χ1n) is 7.11. The molecule has 0 aliphatic rings. The fraction of sp³-hybridized carbons (Fsp3) is 0.625. The molecule has 21 heavy (non-hydrogen) atoms. The Morgan fingerprint density at radius 3 is 2.19 bits per heavy atom. The summed E-state index contributed by atoms with van der Waals surface area (Å²) < 4.78 is 28.7. The molecule has 0 N–H and O–H groups in total. The Bertz CT molecular complexity index is 530. The topological polar surface area (TPSA) is 43.4 Å². The maximum Gasteiger partial charge on any atom is 0.155 e. The van der Waals surface area contributed by atoms with Crippen molar-refractivity contribution in [3.05, 3.63) is 29.8 Å². The van der Waals surface area contributed by atoms with E-state index in [1.165, 1.54) is 0 Å². The minimum atomic E-state index is -3.08. The predicted octanol–water partition coefficient (Wildman–Crippen LogP) is 3.70. The Labute approximate surface area is 133 Å². The lowest BCUT2D eigenvalue weighted by molar-refractivity contribution is 0.414. The summed E-state index contributed by atoms with van der Waals surface area (Å²) in [6.07, 6.45) is 1.38. The number of methoxy groups -OCH3 is 1. The van der Waals surface area contributed by atoms with Crippen molar-refractivity contribution in [2.24, 2.45) is 5.92 Å². The lowest BCUT2D eigenvalue weighted by Crippen LogP contribution is -2.31. The van der Waals surface area contributed by atoms with Crippen LogP contribution in [-0.2, 0) is 16.3 Å². The summed E-state index contributed by atoms with van der Waals surface area (Å²) >= 11 is 6.00. The van der Waals surface area contributed by atoms with E-state index in [4.69, 9.17) is 16.3 Å². The highest BCUT2D eigenvalue weighted by molar-refractivity contribution is 7.92. The normalized spacial score (nSPS) is 14.0. The Kier molecular flexibility index (Phi) is 6.54. The Hall–Kier alpha value is -0.740. The molecule has 1 unspecified atom stereocenters. The molecule has 3 nitrogen and oxygen atoms in total. The molecule has 0 saturated carbocycles. The average Bonchev–Trinajstić information content (AvgIpc) is 2.43. The summed E-state index contributed by atoms with van der Waals surface area (Å²) in [6, 6.07) is 7.81. The van der Waals surface area contributed by atoms with Gasteiger partial charge in [-0.05, 0) is 57.2 Å². The zero-order valence-corrected chi connectivity index (χ0v) is 14.8. The molecule has 0 fully saturated rings. The number of hydrogen-bond donors (Lipinski definition) is 0. The first kappa shape index (κ1) is 18.3. The van der Waals surface area contributed by atoms with E-state index in [0.29, 0.717) is 12.3 Å². The molecular weight excluding hydrogens is 308 g/mol. The van der Waals surface area contributed by atoms with Crippen LogP contribution < -0.4 is 4.74 Å². The monoisotopic (exact) mass is 332 g/mol. The van der Waals surface area contributed by atoms with E-state index in [-0.39, 0.29) is 11.7 Å². The fourth-order valence-electron chi connectivity index (χ4n) is 1.96. The molecule has 0 spiro atoms. The third-order valence-corrected chi connectivity index (χ3v) is 6.71. The van der Waals surface area contributed by atoms with Crippen molar-refractivity contribution in [2.75, 3.05) is 18.7 Å². The molecule has 0 aliphatic carbocycles. The van der Waals surface area contributed by atoms with Gasteiger partial charge in [0, 0.05) is 5.88 Å². The van der Waals surface area contributed by atoms with Gasteiger partial charge < -0.3 is 4.74 Å². The van der Waals surface area contributed by atoms with Crippen LogP contribution in [0, 0.1) is 5.92 Å². The average molecular weight is 333 g/mol. The van der Waals surface area contributed by atoms with Crippen LogP contribution in [0.25, 0.3) is 0 Å². The summed E-state index contributed by atoms with van der Waals surface area (Å²) in [5.41, 5.74) is 1.15. The highest BCUT2D eigenvalue weighted by atomic mass is 35.5. The van der Waals surface area contributed by atoms with Crippen molar-refractivity contribution in [3.63, 3.8) is 0 Å². The van der Waals surface area contributed by atoms with Gasteiger partial charge in [0.05, 0.1) is 17.6 Å². The van der Waals surface area contributed by atoms with Gasteiger partial charge in [0.15, 0.2) is 9.84 Å². The van der Waals surface area contributed by atoms with E-state index >= 15 is 0 Å². The number of alkyl halides is 1. The highest BCUT2D eigenvalue weighted by Crippen LogP contribution is 2.22. The minimum Gasteiger partial charge on any atom is -0.497 e. The number of hydrogen-bond acceptors (Lipinski definition) is 3. The van der Waals surface area contributed by atoms with Gasteiger partial charge >= 0.3 is 0 Å². The summed E-state index contributed by atoms with van der Waals surface area (Å²) in [6.45, 7) is 5.21. The van der Waals surface area contributed by atoms with Gasteiger partial charge in [-0.15, -0.1) is 11.6 Å². The van der Waals surface area contributed by atoms with Crippen LogP contribution in [0.4, 0.5) is 0 Å². The van der Waals surface area contributed by atoms with E-state index < -0.39 is 14.6 Å². The van der Waals surface area contributed by atoms with E-state index in [1.54, 1.807) is 27.9 Å². The van der Waals surface area contributed by atoms with Crippen LogP contribution >= 0.6 is 11.6 Å². The smallest absolute Gasteiger partial charge is 0.155 e. The van der Waals surface area contributed by atoms with Gasteiger partial charge in [0.2, 0.25) is 0 Å². The molecule has 1 aromatic rings. The Morgan fingerprint density at radius 2 is 1.76 bits per heavy atom. The lowest BCUT2D eigenvalue weighted by Gasteiger charge is -2.21. The van der Waals surface area contributed by atoms with Crippen LogP contribution in [0.15, 0.2) is 24.3 Å². The standard InChI is InChI=1S/C16H25ClO3S/c1-16(2,3)21(18,19)10-9-14(12-17)11-13-5-7-15(20-4)8-6-13/h5-8,14H,9-12H2,1-4H3. The van der Waals surface area contributed by atoms with Gasteiger partial charge in [0.1, 0.15) is 5.75 Å². The molecule has 1 aromatic carbocycles. The van der Waals surface area contributed by atoms with Gasteiger partial charge in [0.25, 0.3) is 0 Å². The molecule has 0 radical (unpaired) electrons. The summed E-state index contributed by atoms with van der Waals surface area (Å²) in [7, 11) is -1.45. The molecule has 0 saturated heterocycles. The second-order valence-electron chi connectivity index (χ2n) is 6.29. The zero-order valence-electron chi connectivity index (χ0n) is 13.2. The van der Waals surface area contributed by atoms with E-state index in [2.05, 4.69) is 0 Å². The molecule has 1 rings (SSSR count). The van der Waals surface area contributed by atoms with E-state index in [1.807, 2.05) is 24.3 Å². The third kappa shape index (κ3) is 5.51. The van der Waals surface area contributed by atoms with Crippen molar-refractivity contribution in [1.29, 1.82) is 0 Å². The molecule has 5 heteroatoms. The van der Waals surface area contributed by atoms with Crippen molar-refractivity contribution in [2.45, 2.75) is 38.4 Å². The van der Waals surface area contributed by atoms with Gasteiger partial charge in [-0.1, -0.05) is 12.1 Å². The molecule has 0 aliphatic heterocycles. The van der Waals surface area contributed by atoms with Crippen LogP contribution in [0.2, 0.25) is 0 Å². The first-order valence-corrected chi connectivity index (χ1v) is 9.29. The highest BCUT2D eigenvalue weighted by Gasteiger charge is 2.29. The summed E-state index contributed by atoms with van der Waals surface area (Å²) in [5.74, 6) is 1.63. The second kappa shape index (κ2) is 7.50. The summed E-state index contributed by atoms with van der Waals surface area (Å²) in [4.78, 5) is 0. The maximum absolute atomic E-state index is 12.1. The number of benzene rings is 1. The van der Waals surface area contributed by atoms with Crippen molar-refractivity contribution in [1.82, 2.24) is 0 Å². The molecule has 0 aromatic heterocycles. The molecule has 1 atom stereocenters. The quantitative estimate of drug-likeness (QED) is 0.715. The molecular formula is C16H25ClO3S. The number of halogens is 1. The lowest BCUT2D eigenvalue weighted by atomic mass is 9.99. The number of ether oxygens (including phenoxy) is 1. The molecule has 120 valence electrons. The van der Waals surface area contributed by atoms with Gasteiger partial charge in [-0.25, -0.2) is 8.42 Å². The Morgan fingerprint density at radius 1 is 1.19 bits per heavy atom. The Balaban J connectivity index is 2.63. The zero-order chi connectivity index (χ0) is 16.1. The largest absolute Gasteiger partial charge is 0.497 e. The molecule has 0 bridgehead atoms. The van der Waals surface area contributed by atoms with Crippen LogP contribution in [0.5, 0.6) is 5.75 Å². The maximum atomic E-state index is 12.1. The van der Waals surface area contributed by atoms with E-state index in [0.717, 1.165) is 17.7 Å². The van der Waals surface area contributed by atoms with Crippen molar-refractivity contribution < 1.29 is 13.2 Å². The molecule has 0 heterocycles. The van der Waals surface area contributed by atoms with Gasteiger partial charge in [-0.3, -0.25) is 0 Å². The number of sulfone groups is 1. The fourth-order valence-corrected chi connectivity index (χ4v) is 3.48. The predicted molar refractivity (Wildman–Crippen MR) is 89.1 cm³/mol. The molecule has 0 amide bonds. The van der Waals surface area contributed by atoms with Crippen molar-refractivity contribution in [3.8, 4) is 5.75 Å². The van der Waals surface area contributed by atoms with E-state index in [9.17, 15) is 8.42 Å². The SMILES string of the molecule is COc1ccc(CC(CCl)CCS(=O)(=O)C(C)(C)C)cc1. The van der Waals surface area contributed by atoms with Crippen molar-refractivity contribution >= 4 is 21.4 Å². The van der Waals surface area contributed by atoms with Gasteiger partial charge in [-0.2, -0.15) is 0 Å². The van der Waals surface area contributed by atoms with Crippen LogP contribution in [0.3, 0.4) is 0 Å². The van der Waals surface area contributed by atoms with Crippen LogP contribution in [-0.4, -0.2) is 31.9 Å². The minimum absolute atomic E-state index is 0.164. The first-order chi connectivity index (χ1) is 9.69. The van der Waals surface area contributed by atoms with Crippen LogP contribution in [0.1, 0.15) is 32.8 Å². The number of rotatable bonds is 7. The summed E-state index contributed by atoms with van der Waals surface area (Å²) in [5, 5.41) is 0. The third-order valence-electron chi connectivity index (χ3n) is 3.63.